The van der Waals surface area contributed by atoms with E-state index < -0.39 is 0 Å². The first kappa shape index (κ1) is 23.4. The Labute approximate surface area is 150 Å². The monoisotopic (exact) mass is 342 g/mol. The first-order valence-corrected chi connectivity index (χ1v) is 9.90. The van der Waals surface area contributed by atoms with E-state index in [2.05, 4.69) is 46.7 Å². The molecule has 0 aromatic carbocycles. The van der Waals surface area contributed by atoms with E-state index >= 15 is 0 Å². The summed E-state index contributed by atoms with van der Waals surface area (Å²) in [5, 5.41) is 0. The Balaban J connectivity index is 4.23. The van der Waals surface area contributed by atoms with Crippen molar-refractivity contribution in [3.05, 3.63) is 0 Å². The summed E-state index contributed by atoms with van der Waals surface area (Å²) in [5.74, 6) is 0.687. The van der Waals surface area contributed by atoms with Crippen LogP contribution in [0.3, 0.4) is 0 Å². The minimum atomic E-state index is 0.251. The third-order valence-electron chi connectivity index (χ3n) is 4.16. The van der Waals surface area contributed by atoms with Crippen molar-refractivity contribution in [2.75, 3.05) is 40.3 Å². The zero-order chi connectivity index (χ0) is 18.4. The van der Waals surface area contributed by atoms with Crippen LogP contribution in [0.2, 0.25) is 0 Å². The molecule has 4 heteroatoms. The van der Waals surface area contributed by atoms with Crippen molar-refractivity contribution in [1.82, 2.24) is 9.80 Å². The molecule has 1 atom stereocenters. The van der Waals surface area contributed by atoms with Crippen LogP contribution < -0.4 is 0 Å². The predicted molar refractivity (Wildman–Crippen MR) is 103 cm³/mol. The maximum absolute atomic E-state index is 12.6. The van der Waals surface area contributed by atoms with Crippen LogP contribution in [0.4, 0.5) is 0 Å². The smallest absolute Gasteiger partial charge is 0.222 e. The Morgan fingerprint density at radius 3 is 2.17 bits per heavy atom. The van der Waals surface area contributed by atoms with Crippen LogP contribution >= 0.6 is 0 Å². The van der Waals surface area contributed by atoms with Crippen LogP contribution in [0.1, 0.15) is 72.6 Å². The number of carbonyl (C=O) groups excluding carboxylic acids is 1. The van der Waals surface area contributed by atoms with E-state index in [9.17, 15) is 4.79 Å². The molecule has 0 rings (SSSR count). The molecule has 0 fully saturated rings. The molecule has 0 N–H and O–H groups in total. The number of unbranched alkanes of at least 4 members (excludes halogenated alkanes) is 5. The number of nitrogens with zero attached hydrogens (tertiary/aromatic N) is 2. The minimum absolute atomic E-state index is 0.251. The van der Waals surface area contributed by atoms with Gasteiger partial charge in [-0.05, 0) is 40.3 Å². The molecule has 0 saturated heterocycles. The van der Waals surface area contributed by atoms with Crippen LogP contribution in [0.25, 0.3) is 0 Å². The van der Waals surface area contributed by atoms with Crippen LogP contribution in [0.5, 0.6) is 0 Å². The summed E-state index contributed by atoms with van der Waals surface area (Å²) in [6.45, 7) is 11.8. The summed E-state index contributed by atoms with van der Waals surface area (Å²) in [6.07, 6.45) is 8.30. The molecule has 1 amide bonds. The fourth-order valence-electron chi connectivity index (χ4n) is 2.64. The van der Waals surface area contributed by atoms with Crippen LogP contribution in [0.15, 0.2) is 0 Å². The molecule has 0 heterocycles. The van der Waals surface area contributed by atoms with Gasteiger partial charge in [-0.15, -0.1) is 0 Å². The lowest BCUT2D eigenvalue weighted by molar-refractivity contribution is -0.132. The molecular weight excluding hydrogens is 300 g/mol. The Kier molecular flexibility index (Phi) is 14.3. The first-order valence-electron chi connectivity index (χ1n) is 9.90. The third kappa shape index (κ3) is 13.8. The summed E-state index contributed by atoms with van der Waals surface area (Å²) >= 11 is 0. The largest absolute Gasteiger partial charge is 0.378 e. The van der Waals surface area contributed by atoms with Crippen molar-refractivity contribution in [2.24, 2.45) is 5.92 Å². The molecule has 0 spiro atoms. The second kappa shape index (κ2) is 14.7. The molecule has 144 valence electrons. The van der Waals surface area contributed by atoms with Gasteiger partial charge in [-0.25, -0.2) is 0 Å². The van der Waals surface area contributed by atoms with Gasteiger partial charge in [0.15, 0.2) is 0 Å². The van der Waals surface area contributed by atoms with Gasteiger partial charge in [-0.2, -0.15) is 0 Å². The summed E-state index contributed by atoms with van der Waals surface area (Å²) in [6, 6.07) is 0. The van der Waals surface area contributed by atoms with Gasteiger partial charge in [0.05, 0.1) is 12.7 Å². The molecule has 0 radical (unpaired) electrons. The van der Waals surface area contributed by atoms with Crippen molar-refractivity contribution < 1.29 is 9.53 Å². The Hall–Kier alpha value is -0.610. The number of hydrogen-bond acceptors (Lipinski definition) is 3. The fraction of sp³-hybridized carbons (Fsp3) is 0.950. The lowest BCUT2D eigenvalue weighted by Crippen LogP contribution is -2.40. The zero-order valence-corrected chi connectivity index (χ0v) is 17.1. The van der Waals surface area contributed by atoms with E-state index in [1.165, 1.54) is 32.1 Å². The number of rotatable bonds is 15. The van der Waals surface area contributed by atoms with E-state index in [1.54, 1.807) is 0 Å². The SMILES string of the molecule is CCCCCCCCC(=O)N(CCN(C)C)CC(C)COC(C)C. The summed E-state index contributed by atoms with van der Waals surface area (Å²) < 4.78 is 5.70. The molecule has 0 aliphatic rings. The van der Waals surface area contributed by atoms with Gasteiger partial charge in [0.25, 0.3) is 0 Å². The first-order chi connectivity index (χ1) is 11.4. The van der Waals surface area contributed by atoms with Crippen LogP contribution in [0, 0.1) is 5.92 Å². The van der Waals surface area contributed by atoms with E-state index in [0.717, 1.165) is 32.7 Å². The highest BCUT2D eigenvalue weighted by Crippen LogP contribution is 2.10. The zero-order valence-electron chi connectivity index (χ0n) is 17.1. The van der Waals surface area contributed by atoms with Gasteiger partial charge in [0.1, 0.15) is 0 Å². The molecule has 0 aliphatic heterocycles. The summed E-state index contributed by atoms with van der Waals surface area (Å²) in [5.41, 5.74) is 0. The molecule has 24 heavy (non-hydrogen) atoms. The molecule has 4 nitrogen and oxygen atoms in total. The third-order valence-corrected chi connectivity index (χ3v) is 4.16. The van der Waals surface area contributed by atoms with Crippen molar-refractivity contribution in [3.8, 4) is 0 Å². The van der Waals surface area contributed by atoms with Gasteiger partial charge in [-0.1, -0.05) is 46.0 Å². The Bertz CT molecular complexity index is 306. The van der Waals surface area contributed by atoms with Crippen molar-refractivity contribution in [1.29, 1.82) is 0 Å². The standard InChI is InChI=1S/C20H42N2O2/c1-7-8-9-10-11-12-13-20(23)22(15-14-21(5)6)16-19(4)17-24-18(2)3/h18-19H,7-17H2,1-6H3. The van der Waals surface area contributed by atoms with E-state index in [-0.39, 0.29) is 6.10 Å². The maximum atomic E-state index is 12.6. The summed E-state index contributed by atoms with van der Waals surface area (Å²) in [4.78, 5) is 16.8. The van der Waals surface area contributed by atoms with Crippen LogP contribution in [-0.2, 0) is 9.53 Å². The average Bonchev–Trinajstić information content (AvgIpc) is 2.52. The normalized spacial score (nSPS) is 12.8. The molecule has 0 aliphatic carbocycles. The minimum Gasteiger partial charge on any atom is -0.378 e. The highest BCUT2D eigenvalue weighted by Gasteiger charge is 2.17. The Morgan fingerprint density at radius 2 is 1.58 bits per heavy atom. The van der Waals surface area contributed by atoms with Gasteiger partial charge in [0, 0.05) is 26.1 Å². The fourth-order valence-corrected chi connectivity index (χ4v) is 2.64. The van der Waals surface area contributed by atoms with E-state index in [4.69, 9.17) is 4.74 Å². The topological polar surface area (TPSA) is 32.8 Å². The highest BCUT2D eigenvalue weighted by atomic mass is 16.5. The molecule has 0 aromatic rings. The lowest BCUT2D eigenvalue weighted by atomic mass is 10.1. The number of hydrogen-bond donors (Lipinski definition) is 0. The summed E-state index contributed by atoms with van der Waals surface area (Å²) in [7, 11) is 4.11. The lowest BCUT2D eigenvalue weighted by Gasteiger charge is -2.28. The van der Waals surface area contributed by atoms with E-state index in [0.29, 0.717) is 18.2 Å². The van der Waals surface area contributed by atoms with Gasteiger partial charge in [0.2, 0.25) is 5.91 Å². The quantitative estimate of drug-likeness (QED) is 0.418. The molecule has 0 bridgehead atoms. The van der Waals surface area contributed by atoms with Crippen molar-refractivity contribution >= 4 is 5.91 Å². The number of ether oxygens (including phenoxy) is 1. The second-order valence-corrected chi connectivity index (χ2v) is 7.65. The van der Waals surface area contributed by atoms with Crippen molar-refractivity contribution in [2.45, 2.75) is 78.7 Å². The molecule has 1 unspecified atom stereocenters. The van der Waals surface area contributed by atoms with Crippen LogP contribution in [-0.4, -0.2) is 62.1 Å². The number of amides is 1. The highest BCUT2D eigenvalue weighted by molar-refractivity contribution is 5.76. The molecular formula is C20H42N2O2. The van der Waals surface area contributed by atoms with E-state index in [1.807, 2.05) is 4.90 Å². The predicted octanol–water partition coefficient (Wildman–Crippen LogP) is 4.19. The van der Waals surface area contributed by atoms with Gasteiger partial charge < -0.3 is 14.5 Å². The van der Waals surface area contributed by atoms with Gasteiger partial charge in [-0.3, -0.25) is 4.79 Å². The number of likely N-dealkylation sites (N-methyl/N-ethyl adjacent to an activating group) is 1. The number of carbonyl (C=O) groups is 1. The maximum Gasteiger partial charge on any atom is 0.222 e. The Morgan fingerprint density at radius 1 is 0.958 bits per heavy atom. The van der Waals surface area contributed by atoms with Gasteiger partial charge >= 0.3 is 0 Å². The molecule has 0 saturated carbocycles. The van der Waals surface area contributed by atoms with Crippen molar-refractivity contribution in [3.63, 3.8) is 0 Å². The second-order valence-electron chi connectivity index (χ2n) is 7.65. The molecule has 0 aromatic heterocycles. The average molecular weight is 343 g/mol.